The Morgan fingerprint density at radius 3 is 2.75 bits per heavy atom. The fourth-order valence-electron chi connectivity index (χ4n) is 2.76. The summed E-state index contributed by atoms with van der Waals surface area (Å²) in [4.78, 5) is 24.9. The molecule has 20 heavy (non-hydrogen) atoms. The third kappa shape index (κ3) is 4.66. The number of hydrogen-bond acceptors (Lipinski definition) is 4. The van der Waals surface area contributed by atoms with Gasteiger partial charge in [0.05, 0.1) is 6.10 Å². The largest absolute Gasteiger partial charge is 0.481 e. The predicted molar refractivity (Wildman–Crippen MR) is 77.9 cm³/mol. The number of hydrogen-bond donors (Lipinski definition) is 1. The monoisotopic (exact) mass is 301 g/mol. The molecule has 2 atom stereocenters. The van der Waals surface area contributed by atoms with Crippen LogP contribution in [0.1, 0.15) is 38.5 Å². The van der Waals surface area contributed by atoms with Crippen LogP contribution in [0.15, 0.2) is 0 Å². The van der Waals surface area contributed by atoms with Gasteiger partial charge in [-0.3, -0.25) is 9.59 Å². The summed E-state index contributed by atoms with van der Waals surface area (Å²) in [5, 5.41) is 8.66. The Kier molecular flexibility index (Phi) is 6.16. The Hall–Kier alpha value is -0.750. The molecule has 2 aliphatic rings. The highest BCUT2D eigenvalue weighted by molar-refractivity contribution is 7.99. The number of amides is 1. The summed E-state index contributed by atoms with van der Waals surface area (Å²) in [6.07, 6.45) is 4.14. The summed E-state index contributed by atoms with van der Waals surface area (Å²) in [6, 6.07) is 0.307. The molecule has 0 aromatic heterocycles. The van der Waals surface area contributed by atoms with E-state index in [1.807, 2.05) is 16.7 Å². The van der Waals surface area contributed by atoms with E-state index >= 15 is 0 Å². The number of aliphatic carboxylic acids is 1. The lowest BCUT2D eigenvalue weighted by Gasteiger charge is -2.30. The predicted octanol–water partition coefficient (Wildman–Crippen LogP) is 1.75. The highest BCUT2D eigenvalue weighted by Crippen LogP contribution is 2.25. The quantitative estimate of drug-likeness (QED) is 0.776. The van der Waals surface area contributed by atoms with Gasteiger partial charge in [0.1, 0.15) is 0 Å². The molecule has 2 heterocycles. The Morgan fingerprint density at radius 2 is 2.15 bits per heavy atom. The van der Waals surface area contributed by atoms with Crippen molar-refractivity contribution in [1.82, 2.24) is 4.90 Å². The lowest BCUT2D eigenvalue weighted by Crippen LogP contribution is -2.44. The standard InChI is InChI=1S/C14H23NO4S/c16-13(4-1-5-14(17)18)15(11-6-8-20-10-11)9-12-3-2-7-19-12/h11-12H,1-10H2,(H,17,18). The average molecular weight is 301 g/mol. The van der Waals surface area contributed by atoms with E-state index in [1.54, 1.807) is 0 Å². The smallest absolute Gasteiger partial charge is 0.303 e. The first-order chi connectivity index (χ1) is 9.66. The zero-order valence-electron chi connectivity index (χ0n) is 11.8. The van der Waals surface area contributed by atoms with Crippen molar-refractivity contribution in [2.75, 3.05) is 24.7 Å². The Bertz CT molecular complexity index is 338. The summed E-state index contributed by atoms with van der Waals surface area (Å²) >= 11 is 1.89. The molecule has 1 amide bonds. The van der Waals surface area contributed by atoms with Gasteiger partial charge in [-0.05, 0) is 31.4 Å². The van der Waals surface area contributed by atoms with Gasteiger partial charge in [-0.25, -0.2) is 0 Å². The van der Waals surface area contributed by atoms with Gasteiger partial charge in [0.25, 0.3) is 0 Å². The van der Waals surface area contributed by atoms with Crippen LogP contribution in [-0.4, -0.2) is 58.7 Å². The number of carbonyl (C=O) groups excluding carboxylic acids is 1. The van der Waals surface area contributed by atoms with Crippen LogP contribution in [0.25, 0.3) is 0 Å². The summed E-state index contributed by atoms with van der Waals surface area (Å²) in [7, 11) is 0. The number of thioether (sulfide) groups is 1. The molecule has 6 heteroatoms. The van der Waals surface area contributed by atoms with Crippen molar-refractivity contribution in [3.63, 3.8) is 0 Å². The summed E-state index contributed by atoms with van der Waals surface area (Å²) in [5.74, 6) is 1.36. The van der Waals surface area contributed by atoms with E-state index in [0.29, 0.717) is 25.4 Å². The van der Waals surface area contributed by atoms with Crippen molar-refractivity contribution in [3.05, 3.63) is 0 Å². The Labute approximate surface area is 124 Å². The number of ether oxygens (including phenoxy) is 1. The van der Waals surface area contributed by atoms with E-state index in [9.17, 15) is 9.59 Å². The van der Waals surface area contributed by atoms with Gasteiger partial charge in [-0.1, -0.05) is 0 Å². The fourth-order valence-corrected chi connectivity index (χ4v) is 3.99. The molecule has 5 nitrogen and oxygen atoms in total. The molecule has 0 saturated carbocycles. The topological polar surface area (TPSA) is 66.8 Å². The molecular formula is C14H23NO4S. The normalized spacial score (nSPS) is 25.8. The number of carbonyl (C=O) groups is 2. The van der Waals surface area contributed by atoms with Crippen molar-refractivity contribution in [2.45, 2.75) is 50.7 Å². The lowest BCUT2D eigenvalue weighted by molar-refractivity contribution is -0.137. The van der Waals surface area contributed by atoms with Crippen LogP contribution in [0.3, 0.4) is 0 Å². The van der Waals surface area contributed by atoms with Crippen LogP contribution < -0.4 is 0 Å². The van der Waals surface area contributed by atoms with E-state index in [0.717, 1.165) is 37.4 Å². The van der Waals surface area contributed by atoms with Gasteiger partial charge in [-0.15, -0.1) is 0 Å². The molecule has 0 aliphatic carbocycles. The van der Waals surface area contributed by atoms with E-state index in [1.165, 1.54) is 0 Å². The average Bonchev–Trinajstić information content (AvgIpc) is 3.08. The molecule has 2 saturated heterocycles. The van der Waals surface area contributed by atoms with Crippen LogP contribution in [0.4, 0.5) is 0 Å². The highest BCUT2D eigenvalue weighted by atomic mass is 32.2. The Morgan fingerprint density at radius 1 is 1.30 bits per heavy atom. The first-order valence-corrected chi connectivity index (χ1v) is 8.53. The number of carboxylic acids is 1. The highest BCUT2D eigenvalue weighted by Gasteiger charge is 2.30. The van der Waals surface area contributed by atoms with Crippen LogP contribution in [-0.2, 0) is 14.3 Å². The van der Waals surface area contributed by atoms with Gasteiger partial charge < -0.3 is 14.7 Å². The molecule has 2 unspecified atom stereocenters. The molecule has 0 bridgehead atoms. The maximum Gasteiger partial charge on any atom is 0.303 e. The molecular weight excluding hydrogens is 278 g/mol. The van der Waals surface area contributed by atoms with E-state index in [2.05, 4.69) is 0 Å². The minimum atomic E-state index is -0.833. The van der Waals surface area contributed by atoms with Crippen molar-refractivity contribution in [3.8, 4) is 0 Å². The number of nitrogens with zero attached hydrogens (tertiary/aromatic N) is 1. The summed E-state index contributed by atoms with van der Waals surface area (Å²) in [6.45, 7) is 1.47. The van der Waals surface area contributed by atoms with Crippen LogP contribution in [0, 0.1) is 0 Å². The molecule has 0 aromatic rings. The van der Waals surface area contributed by atoms with Crippen molar-refractivity contribution >= 4 is 23.6 Å². The van der Waals surface area contributed by atoms with Gasteiger partial charge in [-0.2, -0.15) is 11.8 Å². The Balaban J connectivity index is 1.86. The zero-order chi connectivity index (χ0) is 14.4. The van der Waals surface area contributed by atoms with Gasteiger partial charge in [0.2, 0.25) is 5.91 Å². The molecule has 2 fully saturated rings. The number of rotatable bonds is 7. The molecule has 0 spiro atoms. The second kappa shape index (κ2) is 7.88. The first kappa shape index (κ1) is 15.6. The van der Waals surface area contributed by atoms with E-state index in [-0.39, 0.29) is 18.4 Å². The minimum Gasteiger partial charge on any atom is -0.481 e. The third-order valence-corrected chi connectivity index (χ3v) is 5.02. The molecule has 0 aromatic carbocycles. The van der Waals surface area contributed by atoms with Gasteiger partial charge in [0, 0.05) is 37.8 Å². The summed E-state index contributed by atoms with van der Waals surface area (Å²) < 4.78 is 5.64. The van der Waals surface area contributed by atoms with Crippen molar-refractivity contribution in [2.24, 2.45) is 0 Å². The lowest BCUT2D eigenvalue weighted by atomic mass is 10.1. The van der Waals surface area contributed by atoms with Gasteiger partial charge in [0.15, 0.2) is 0 Å². The number of carboxylic acid groups (broad SMARTS) is 1. The molecule has 0 radical (unpaired) electrons. The molecule has 2 aliphatic heterocycles. The maximum atomic E-state index is 12.4. The van der Waals surface area contributed by atoms with E-state index < -0.39 is 5.97 Å². The SMILES string of the molecule is O=C(O)CCCC(=O)N(CC1CCCO1)C1CCSC1. The maximum absolute atomic E-state index is 12.4. The van der Waals surface area contributed by atoms with Crippen LogP contribution in [0.5, 0.6) is 0 Å². The molecule has 2 rings (SSSR count). The molecule has 1 N–H and O–H groups in total. The molecule has 114 valence electrons. The minimum absolute atomic E-state index is 0.0684. The van der Waals surface area contributed by atoms with Crippen molar-refractivity contribution < 1.29 is 19.4 Å². The summed E-state index contributed by atoms with van der Waals surface area (Å²) in [5.41, 5.74) is 0. The van der Waals surface area contributed by atoms with Crippen molar-refractivity contribution in [1.29, 1.82) is 0 Å². The second-order valence-electron chi connectivity index (χ2n) is 5.45. The third-order valence-electron chi connectivity index (χ3n) is 3.87. The first-order valence-electron chi connectivity index (χ1n) is 7.37. The zero-order valence-corrected chi connectivity index (χ0v) is 12.6. The van der Waals surface area contributed by atoms with Crippen LogP contribution >= 0.6 is 11.8 Å². The van der Waals surface area contributed by atoms with Gasteiger partial charge >= 0.3 is 5.97 Å². The van der Waals surface area contributed by atoms with Crippen LogP contribution in [0.2, 0.25) is 0 Å². The second-order valence-corrected chi connectivity index (χ2v) is 6.60. The van der Waals surface area contributed by atoms with E-state index in [4.69, 9.17) is 9.84 Å². The fraction of sp³-hybridized carbons (Fsp3) is 0.857.